The number of carboxylic acids is 1. The van der Waals surface area contributed by atoms with Crippen LogP contribution in [0.1, 0.15) is 80.0 Å². The van der Waals surface area contributed by atoms with Crippen molar-refractivity contribution in [3.05, 3.63) is 65.2 Å². The second kappa shape index (κ2) is 10.6. The normalized spacial score (nSPS) is 11.9. The van der Waals surface area contributed by atoms with Crippen LogP contribution in [0.5, 0.6) is 5.75 Å². The van der Waals surface area contributed by atoms with E-state index in [0.29, 0.717) is 5.75 Å². The molecule has 2 aromatic carbocycles. The van der Waals surface area contributed by atoms with Gasteiger partial charge in [0.1, 0.15) is 11.9 Å². The third-order valence-electron chi connectivity index (χ3n) is 4.68. The van der Waals surface area contributed by atoms with Crippen LogP contribution >= 0.6 is 0 Å². The molecule has 0 saturated carbocycles. The highest BCUT2D eigenvalue weighted by Crippen LogP contribution is 2.23. The minimum absolute atomic E-state index is 0.0752. The van der Waals surface area contributed by atoms with Crippen molar-refractivity contribution in [1.29, 1.82) is 0 Å². The van der Waals surface area contributed by atoms with Gasteiger partial charge in [-0.3, -0.25) is 0 Å². The van der Waals surface area contributed by atoms with Crippen LogP contribution in [0.25, 0.3) is 0 Å². The van der Waals surface area contributed by atoms with Gasteiger partial charge in [-0.1, -0.05) is 63.3 Å². The van der Waals surface area contributed by atoms with Gasteiger partial charge < -0.3 is 9.84 Å². The van der Waals surface area contributed by atoms with Crippen LogP contribution in [0.15, 0.2) is 48.5 Å². The summed E-state index contributed by atoms with van der Waals surface area (Å²) in [4.78, 5) is 10.9. The van der Waals surface area contributed by atoms with Gasteiger partial charge >= 0.3 is 5.97 Å². The maximum Gasteiger partial charge on any atom is 0.335 e. The summed E-state index contributed by atoms with van der Waals surface area (Å²) in [6, 6.07) is 15.2. The number of aromatic carboxylic acids is 1. The monoisotopic (exact) mass is 354 g/mol. The molecule has 0 radical (unpaired) electrons. The predicted molar refractivity (Wildman–Crippen MR) is 106 cm³/mol. The molecule has 0 heterocycles. The smallest absolute Gasteiger partial charge is 0.335 e. The van der Waals surface area contributed by atoms with Gasteiger partial charge in [-0.2, -0.15) is 0 Å². The fourth-order valence-electron chi connectivity index (χ4n) is 3.01. The summed E-state index contributed by atoms with van der Waals surface area (Å²) < 4.78 is 5.92. The quantitative estimate of drug-likeness (QED) is 0.473. The highest BCUT2D eigenvalue weighted by Gasteiger charge is 2.08. The van der Waals surface area contributed by atoms with E-state index in [0.717, 1.165) is 12.0 Å². The Hall–Kier alpha value is -2.29. The first kappa shape index (κ1) is 20.0. The molecule has 0 amide bonds. The number of carboxylic acid groups (broad SMARTS) is 1. The van der Waals surface area contributed by atoms with E-state index in [-0.39, 0.29) is 11.7 Å². The van der Waals surface area contributed by atoms with E-state index in [4.69, 9.17) is 9.84 Å². The molecule has 2 aromatic rings. The van der Waals surface area contributed by atoms with Crippen molar-refractivity contribution in [3.8, 4) is 5.75 Å². The molecule has 0 bridgehead atoms. The molecule has 1 N–H and O–H groups in total. The Labute approximate surface area is 157 Å². The maximum absolute atomic E-state index is 10.9. The minimum Gasteiger partial charge on any atom is -0.486 e. The van der Waals surface area contributed by atoms with Crippen LogP contribution in [0.4, 0.5) is 0 Å². The number of carbonyl (C=O) groups is 1. The first-order chi connectivity index (χ1) is 12.6. The number of hydrogen-bond acceptors (Lipinski definition) is 2. The number of unbranched alkanes of at least 4 members (excludes halogenated alkanes) is 5. The average molecular weight is 354 g/mol. The van der Waals surface area contributed by atoms with Gasteiger partial charge in [0.05, 0.1) is 5.56 Å². The lowest BCUT2D eigenvalue weighted by Crippen LogP contribution is -2.04. The predicted octanol–water partition coefficient (Wildman–Crippen LogP) is 6.43. The van der Waals surface area contributed by atoms with Crippen molar-refractivity contribution < 1.29 is 14.6 Å². The van der Waals surface area contributed by atoms with Crippen LogP contribution < -0.4 is 4.74 Å². The molecule has 0 fully saturated rings. The molecule has 3 heteroatoms. The summed E-state index contributed by atoms with van der Waals surface area (Å²) in [5, 5.41) is 8.94. The molecular formula is C23H30O3. The molecule has 0 aliphatic carbocycles. The molecule has 0 aliphatic rings. The molecule has 3 nitrogen and oxygen atoms in total. The van der Waals surface area contributed by atoms with Gasteiger partial charge in [-0.15, -0.1) is 0 Å². The van der Waals surface area contributed by atoms with E-state index < -0.39 is 5.97 Å². The fourth-order valence-corrected chi connectivity index (χ4v) is 3.01. The lowest BCUT2D eigenvalue weighted by atomic mass is 10.0. The molecule has 26 heavy (non-hydrogen) atoms. The molecule has 0 saturated heterocycles. The van der Waals surface area contributed by atoms with Crippen molar-refractivity contribution in [3.63, 3.8) is 0 Å². The topological polar surface area (TPSA) is 46.5 Å². The highest BCUT2D eigenvalue weighted by molar-refractivity contribution is 5.87. The maximum atomic E-state index is 10.9. The van der Waals surface area contributed by atoms with Crippen molar-refractivity contribution in [2.45, 2.75) is 64.9 Å². The van der Waals surface area contributed by atoms with Crippen LogP contribution in [0, 0.1) is 0 Å². The van der Waals surface area contributed by atoms with Gasteiger partial charge in [-0.05, 0) is 55.2 Å². The Bertz CT molecular complexity index is 659. The third-order valence-corrected chi connectivity index (χ3v) is 4.68. The van der Waals surface area contributed by atoms with Gasteiger partial charge in [0, 0.05) is 0 Å². The van der Waals surface area contributed by atoms with Crippen LogP contribution in [-0.4, -0.2) is 11.1 Å². The molecule has 0 aliphatic heterocycles. The van der Waals surface area contributed by atoms with Crippen LogP contribution in [0.3, 0.4) is 0 Å². The van der Waals surface area contributed by atoms with Crippen molar-refractivity contribution in [1.82, 2.24) is 0 Å². The molecule has 1 unspecified atom stereocenters. The molecule has 1 atom stereocenters. The first-order valence-corrected chi connectivity index (χ1v) is 9.69. The summed E-state index contributed by atoms with van der Waals surface area (Å²) in [6.45, 7) is 4.26. The van der Waals surface area contributed by atoms with Crippen LogP contribution in [0.2, 0.25) is 0 Å². The molecule has 2 rings (SSSR count). The molecular weight excluding hydrogens is 324 g/mol. The summed E-state index contributed by atoms with van der Waals surface area (Å²) in [7, 11) is 0. The zero-order valence-corrected chi connectivity index (χ0v) is 15.9. The lowest BCUT2D eigenvalue weighted by molar-refractivity contribution is 0.0697. The van der Waals surface area contributed by atoms with E-state index in [1.54, 1.807) is 24.3 Å². The zero-order chi connectivity index (χ0) is 18.8. The van der Waals surface area contributed by atoms with E-state index in [9.17, 15) is 4.79 Å². The number of benzene rings is 2. The van der Waals surface area contributed by atoms with Crippen molar-refractivity contribution >= 4 is 5.97 Å². The van der Waals surface area contributed by atoms with Gasteiger partial charge in [0.25, 0.3) is 0 Å². The Kier molecular flexibility index (Phi) is 8.20. The summed E-state index contributed by atoms with van der Waals surface area (Å²) in [5.41, 5.74) is 2.77. The summed E-state index contributed by atoms with van der Waals surface area (Å²) >= 11 is 0. The SMILES string of the molecule is CCCCCCCCc1ccc(C(C)Oc2ccc(C(=O)O)cc2)cc1. The third kappa shape index (κ3) is 6.55. The van der Waals surface area contributed by atoms with Crippen molar-refractivity contribution in [2.24, 2.45) is 0 Å². The van der Waals surface area contributed by atoms with Gasteiger partial charge in [-0.25, -0.2) is 4.79 Å². The zero-order valence-electron chi connectivity index (χ0n) is 15.9. The Balaban J connectivity index is 1.80. The second-order valence-corrected chi connectivity index (χ2v) is 6.85. The number of hydrogen-bond donors (Lipinski definition) is 1. The number of ether oxygens (including phenoxy) is 1. The van der Waals surface area contributed by atoms with E-state index in [1.807, 2.05) is 6.92 Å². The molecule has 0 aromatic heterocycles. The Morgan fingerprint density at radius 1 is 0.923 bits per heavy atom. The second-order valence-electron chi connectivity index (χ2n) is 6.85. The fraction of sp³-hybridized carbons (Fsp3) is 0.435. The Morgan fingerprint density at radius 3 is 2.15 bits per heavy atom. The Morgan fingerprint density at radius 2 is 1.54 bits per heavy atom. The lowest BCUT2D eigenvalue weighted by Gasteiger charge is -2.15. The number of aryl methyl sites for hydroxylation is 1. The van der Waals surface area contributed by atoms with Gasteiger partial charge in [0.2, 0.25) is 0 Å². The number of rotatable bonds is 11. The first-order valence-electron chi connectivity index (χ1n) is 9.69. The van der Waals surface area contributed by atoms with Gasteiger partial charge in [0.15, 0.2) is 0 Å². The standard InChI is InChI=1S/C23H30O3/c1-3-4-5-6-7-8-9-19-10-12-20(13-11-19)18(2)26-22-16-14-21(15-17-22)23(24)25/h10-18H,3-9H2,1-2H3,(H,24,25). The summed E-state index contributed by atoms with van der Waals surface area (Å²) in [5.74, 6) is -0.246. The molecule has 0 spiro atoms. The average Bonchev–Trinajstić information content (AvgIpc) is 2.65. The van der Waals surface area contributed by atoms with Crippen LogP contribution in [-0.2, 0) is 6.42 Å². The largest absolute Gasteiger partial charge is 0.486 e. The summed E-state index contributed by atoms with van der Waals surface area (Å²) in [6.07, 6.45) is 8.98. The highest BCUT2D eigenvalue weighted by atomic mass is 16.5. The van der Waals surface area contributed by atoms with E-state index in [2.05, 4.69) is 31.2 Å². The molecule has 140 valence electrons. The van der Waals surface area contributed by atoms with E-state index in [1.165, 1.54) is 44.1 Å². The van der Waals surface area contributed by atoms with E-state index >= 15 is 0 Å². The van der Waals surface area contributed by atoms with Crippen molar-refractivity contribution in [2.75, 3.05) is 0 Å². The minimum atomic E-state index is -0.925.